The number of rotatable bonds is 4. The molecule has 146 valence electrons. The van der Waals surface area contributed by atoms with Crippen LogP contribution in [-0.4, -0.2) is 25.2 Å². The van der Waals surface area contributed by atoms with Crippen LogP contribution in [0, 0.1) is 39.9 Å². The molecule has 6 bridgehead atoms. The Kier molecular flexibility index (Phi) is 3.70. The zero-order valence-corrected chi connectivity index (χ0v) is 17.1. The molecule has 0 aromatic rings. The van der Waals surface area contributed by atoms with Gasteiger partial charge in [-0.15, -0.1) is 0 Å². The Hall–Kier alpha value is -0.570. The van der Waals surface area contributed by atoms with Gasteiger partial charge >= 0.3 is 5.97 Å². The van der Waals surface area contributed by atoms with Gasteiger partial charge in [0.1, 0.15) is 0 Å². The molecule has 0 amide bonds. The Labute approximate surface area is 159 Å². The van der Waals surface area contributed by atoms with E-state index in [1.807, 2.05) is 0 Å². The molecule has 3 nitrogen and oxygen atoms in total. The molecule has 0 radical (unpaired) electrons. The van der Waals surface area contributed by atoms with Crippen molar-refractivity contribution in [2.75, 3.05) is 7.11 Å². The fourth-order valence-corrected chi connectivity index (χ4v) is 9.61. The first-order valence-corrected chi connectivity index (χ1v) is 11.2. The zero-order valence-electron chi connectivity index (χ0n) is 17.1. The van der Waals surface area contributed by atoms with Crippen molar-refractivity contribution in [1.82, 2.24) is 5.32 Å². The maximum atomic E-state index is 12.2. The van der Waals surface area contributed by atoms with Crippen molar-refractivity contribution in [2.24, 2.45) is 39.9 Å². The number of carbonyl (C=O) groups is 1. The molecule has 4 saturated carbocycles. The minimum Gasteiger partial charge on any atom is -0.469 e. The molecule has 1 spiro atoms. The lowest BCUT2D eigenvalue weighted by Gasteiger charge is -2.76. The highest BCUT2D eigenvalue weighted by Gasteiger charge is 2.79. The van der Waals surface area contributed by atoms with Gasteiger partial charge in [-0.3, -0.25) is 4.79 Å². The number of nitrogens with one attached hydrogen (secondary N) is 1. The monoisotopic (exact) mass is 359 g/mol. The number of hydrogen-bond acceptors (Lipinski definition) is 3. The second kappa shape index (κ2) is 5.49. The molecule has 6 unspecified atom stereocenters. The predicted octanol–water partition coefficient (Wildman–Crippen LogP) is 4.55. The van der Waals surface area contributed by atoms with Crippen LogP contribution in [0.2, 0.25) is 0 Å². The minimum absolute atomic E-state index is 0.00534. The van der Waals surface area contributed by atoms with Crippen molar-refractivity contribution >= 4 is 5.97 Å². The number of ether oxygens (including phenoxy) is 1. The summed E-state index contributed by atoms with van der Waals surface area (Å²) in [6.45, 7) is 7.48. The molecular weight excluding hydrogens is 322 g/mol. The number of carbonyl (C=O) groups excluding carboxylic acids is 1. The van der Waals surface area contributed by atoms with E-state index in [1.54, 1.807) is 7.11 Å². The summed E-state index contributed by atoms with van der Waals surface area (Å²) in [6, 6.07) is 1.37. The van der Waals surface area contributed by atoms with E-state index in [1.165, 1.54) is 44.9 Å². The van der Waals surface area contributed by atoms with Crippen LogP contribution in [0.5, 0.6) is 0 Å². The molecule has 2 heterocycles. The van der Waals surface area contributed by atoms with Crippen LogP contribution in [0.1, 0.15) is 78.6 Å². The molecule has 2 saturated heterocycles. The third-order valence-electron chi connectivity index (χ3n) is 10.4. The molecule has 8 atom stereocenters. The SMILES string of the molecule is COC(=O)CCC12C3NC4C(CC[C@@]45CCC[C@@H]15)C2(C)CCC3C(C)C. The summed E-state index contributed by atoms with van der Waals surface area (Å²) in [6.07, 6.45) is 11.5. The van der Waals surface area contributed by atoms with Gasteiger partial charge in [0, 0.05) is 18.5 Å². The Morgan fingerprint density at radius 3 is 2.69 bits per heavy atom. The van der Waals surface area contributed by atoms with Gasteiger partial charge in [0.2, 0.25) is 0 Å². The summed E-state index contributed by atoms with van der Waals surface area (Å²) in [5.74, 6) is 3.15. The molecule has 0 aromatic carbocycles. The van der Waals surface area contributed by atoms with Gasteiger partial charge in [-0.05, 0) is 84.9 Å². The quantitative estimate of drug-likeness (QED) is 0.749. The highest BCUT2D eigenvalue weighted by atomic mass is 16.5. The van der Waals surface area contributed by atoms with Gasteiger partial charge in [0.15, 0.2) is 0 Å². The van der Waals surface area contributed by atoms with Crippen LogP contribution in [0.3, 0.4) is 0 Å². The highest BCUT2D eigenvalue weighted by Crippen LogP contribution is 2.80. The van der Waals surface area contributed by atoms with Crippen molar-refractivity contribution in [1.29, 1.82) is 0 Å². The summed E-state index contributed by atoms with van der Waals surface area (Å²) in [7, 11) is 1.55. The van der Waals surface area contributed by atoms with Crippen LogP contribution in [0.4, 0.5) is 0 Å². The number of piperidine rings is 2. The topological polar surface area (TPSA) is 38.3 Å². The van der Waals surface area contributed by atoms with E-state index in [-0.39, 0.29) is 5.97 Å². The van der Waals surface area contributed by atoms with E-state index in [0.29, 0.717) is 28.7 Å². The number of esters is 1. The van der Waals surface area contributed by atoms with Gasteiger partial charge < -0.3 is 10.1 Å². The van der Waals surface area contributed by atoms with E-state index in [4.69, 9.17) is 4.74 Å². The molecule has 6 fully saturated rings. The van der Waals surface area contributed by atoms with Crippen LogP contribution in [0.15, 0.2) is 0 Å². The number of methoxy groups -OCH3 is 1. The first-order chi connectivity index (χ1) is 12.4. The van der Waals surface area contributed by atoms with Crippen molar-refractivity contribution in [3.63, 3.8) is 0 Å². The Balaban J connectivity index is 1.65. The summed E-state index contributed by atoms with van der Waals surface area (Å²) < 4.78 is 5.09. The average molecular weight is 360 g/mol. The molecule has 6 aliphatic rings. The van der Waals surface area contributed by atoms with E-state index in [0.717, 1.165) is 36.1 Å². The molecule has 4 aliphatic carbocycles. The van der Waals surface area contributed by atoms with E-state index in [9.17, 15) is 4.79 Å². The third-order valence-corrected chi connectivity index (χ3v) is 10.4. The summed E-state index contributed by atoms with van der Waals surface area (Å²) >= 11 is 0. The average Bonchev–Trinajstić information content (AvgIpc) is 3.19. The maximum absolute atomic E-state index is 12.2. The summed E-state index contributed by atoms with van der Waals surface area (Å²) in [5.41, 5.74) is 1.28. The normalized spacial score (nSPS) is 53.8. The Morgan fingerprint density at radius 2 is 1.96 bits per heavy atom. The van der Waals surface area contributed by atoms with Gasteiger partial charge in [0.25, 0.3) is 0 Å². The van der Waals surface area contributed by atoms with Crippen molar-refractivity contribution in [2.45, 2.75) is 90.6 Å². The van der Waals surface area contributed by atoms with Crippen LogP contribution < -0.4 is 5.32 Å². The molecule has 6 rings (SSSR count). The van der Waals surface area contributed by atoms with Gasteiger partial charge in [-0.2, -0.15) is 0 Å². The Morgan fingerprint density at radius 1 is 1.15 bits per heavy atom. The van der Waals surface area contributed by atoms with Crippen LogP contribution in [0.25, 0.3) is 0 Å². The van der Waals surface area contributed by atoms with Crippen LogP contribution in [-0.2, 0) is 9.53 Å². The van der Waals surface area contributed by atoms with Crippen molar-refractivity contribution in [3.05, 3.63) is 0 Å². The molecular formula is C23H37NO2. The second-order valence-corrected chi connectivity index (χ2v) is 10.9. The van der Waals surface area contributed by atoms with E-state index in [2.05, 4.69) is 26.1 Å². The first kappa shape index (κ1) is 17.5. The lowest BCUT2D eigenvalue weighted by molar-refractivity contribution is -0.247. The number of hydrogen-bond donors (Lipinski definition) is 1. The molecule has 3 heteroatoms. The predicted molar refractivity (Wildman–Crippen MR) is 103 cm³/mol. The van der Waals surface area contributed by atoms with Gasteiger partial charge in [-0.25, -0.2) is 0 Å². The van der Waals surface area contributed by atoms with E-state index >= 15 is 0 Å². The lowest BCUT2D eigenvalue weighted by atomic mass is 9.33. The minimum atomic E-state index is -0.00534. The Bertz CT molecular complexity index is 617. The summed E-state index contributed by atoms with van der Waals surface area (Å²) in [5, 5.41) is 4.30. The fourth-order valence-electron chi connectivity index (χ4n) is 9.61. The standard InChI is InChI=1S/C23H37NO2/c1-14(2)15-7-11-21(3)16-8-12-22-10-5-6-17(22)23(21,13-9-18(25)26-4)19(15)24-20(16)22/h14-17,19-20,24H,5-13H2,1-4H3/t15?,16?,17-,19?,20?,21?,22-,23?/m1/s1. The maximum Gasteiger partial charge on any atom is 0.305 e. The van der Waals surface area contributed by atoms with Gasteiger partial charge in [0.05, 0.1) is 7.11 Å². The van der Waals surface area contributed by atoms with E-state index < -0.39 is 0 Å². The van der Waals surface area contributed by atoms with Crippen molar-refractivity contribution in [3.8, 4) is 0 Å². The zero-order chi connectivity index (χ0) is 18.3. The molecule has 2 aliphatic heterocycles. The van der Waals surface area contributed by atoms with Crippen LogP contribution >= 0.6 is 0 Å². The van der Waals surface area contributed by atoms with Gasteiger partial charge in [-0.1, -0.05) is 27.2 Å². The molecule has 1 N–H and O–H groups in total. The second-order valence-electron chi connectivity index (χ2n) is 10.9. The largest absolute Gasteiger partial charge is 0.469 e. The highest BCUT2D eigenvalue weighted by molar-refractivity contribution is 5.69. The van der Waals surface area contributed by atoms with Crippen molar-refractivity contribution < 1.29 is 9.53 Å². The smallest absolute Gasteiger partial charge is 0.305 e. The molecule has 0 aromatic heterocycles. The first-order valence-electron chi connectivity index (χ1n) is 11.2. The lowest BCUT2D eigenvalue weighted by Crippen LogP contribution is -2.80. The summed E-state index contributed by atoms with van der Waals surface area (Å²) in [4.78, 5) is 12.2. The molecule has 26 heavy (non-hydrogen) atoms. The third kappa shape index (κ3) is 1.78. The fraction of sp³-hybridized carbons (Fsp3) is 0.957.